The third-order valence-electron chi connectivity index (χ3n) is 3.95. The largest absolute Gasteiger partial charge is 0.433 e. The SMILES string of the molecule is Cc1ccc(-c2csc(=NC(C)C)n2N=Cc2ccc([N+](=O)[O-])o2)cc1C. The second-order valence-electron chi connectivity index (χ2n) is 6.41. The Balaban J connectivity index is 2.08. The number of furan rings is 1. The maximum Gasteiger partial charge on any atom is 0.433 e. The summed E-state index contributed by atoms with van der Waals surface area (Å²) >= 11 is 1.50. The molecule has 8 heteroatoms. The van der Waals surface area contributed by atoms with E-state index in [1.54, 1.807) is 4.68 Å². The summed E-state index contributed by atoms with van der Waals surface area (Å²) in [5, 5.41) is 17.3. The van der Waals surface area contributed by atoms with E-state index in [0.29, 0.717) is 5.76 Å². The lowest BCUT2D eigenvalue weighted by Crippen LogP contribution is -2.14. The molecule has 1 aromatic carbocycles. The molecule has 0 bridgehead atoms. The van der Waals surface area contributed by atoms with Gasteiger partial charge in [0.1, 0.15) is 4.92 Å². The number of aryl methyl sites for hydroxylation is 2. The van der Waals surface area contributed by atoms with Crippen molar-refractivity contribution in [3.8, 4) is 11.3 Å². The average Bonchev–Trinajstić information content (AvgIpc) is 3.22. The van der Waals surface area contributed by atoms with Crippen LogP contribution >= 0.6 is 11.3 Å². The van der Waals surface area contributed by atoms with Gasteiger partial charge < -0.3 is 4.42 Å². The van der Waals surface area contributed by atoms with E-state index in [2.05, 4.69) is 36.1 Å². The highest BCUT2D eigenvalue weighted by atomic mass is 32.1. The van der Waals surface area contributed by atoms with Gasteiger partial charge >= 0.3 is 5.88 Å². The summed E-state index contributed by atoms with van der Waals surface area (Å²) < 4.78 is 6.90. The van der Waals surface area contributed by atoms with E-state index in [9.17, 15) is 10.1 Å². The highest BCUT2D eigenvalue weighted by Gasteiger charge is 2.12. The van der Waals surface area contributed by atoms with Crippen LogP contribution in [0.1, 0.15) is 30.7 Å². The number of nitrogens with zero attached hydrogens (tertiary/aromatic N) is 4. The van der Waals surface area contributed by atoms with E-state index in [1.807, 2.05) is 25.3 Å². The molecule has 0 amide bonds. The van der Waals surface area contributed by atoms with Gasteiger partial charge in [0.05, 0.1) is 18.0 Å². The van der Waals surface area contributed by atoms with Crippen molar-refractivity contribution >= 4 is 23.4 Å². The second kappa shape index (κ2) is 7.71. The van der Waals surface area contributed by atoms with Gasteiger partial charge in [-0.25, -0.2) is 4.68 Å². The fourth-order valence-electron chi connectivity index (χ4n) is 2.44. The van der Waals surface area contributed by atoms with E-state index in [1.165, 1.54) is 40.8 Å². The molecule has 3 rings (SSSR count). The fourth-order valence-corrected chi connectivity index (χ4v) is 3.41. The van der Waals surface area contributed by atoms with Crippen LogP contribution in [-0.4, -0.2) is 21.9 Å². The molecule has 0 aliphatic heterocycles. The predicted octanol–water partition coefficient (Wildman–Crippen LogP) is 4.53. The Hall–Kier alpha value is -3.00. The lowest BCUT2D eigenvalue weighted by Gasteiger charge is -2.06. The topological polar surface area (TPSA) is 85.9 Å². The first-order chi connectivity index (χ1) is 12.8. The number of aromatic nitrogens is 1. The van der Waals surface area contributed by atoms with E-state index in [4.69, 9.17) is 4.42 Å². The van der Waals surface area contributed by atoms with Crippen LogP contribution in [0.15, 0.2) is 50.2 Å². The first-order valence-corrected chi connectivity index (χ1v) is 9.33. The fraction of sp³-hybridized carbons (Fsp3) is 0.263. The molecule has 0 saturated heterocycles. The minimum Gasteiger partial charge on any atom is -0.400 e. The lowest BCUT2D eigenvalue weighted by molar-refractivity contribution is -0.402. The van der Waals surface area contributed by atoms with Gasteiger partial charge in [0.15, 0.2) is 5.76 Å². The normalized spacial score (nSPS) is 12.4. The Bertz CT molecular complexity index is 1070. The van der Waals surface area contributed by atoms with Gasteiger partial charge in [-0.05, 0) is 51.0 Å². The van der Waals surface area contributed by atoms with Crippen molar-refractivity contribution in [1.82, 2.24) is 4.68 Å². The Morgan fingerprint density at radius 3 is 2.63 bits per heavy atom. The van der Waals surface area contributed by atoms with Crippen LogP contribution in [0.25, 0.3) is 11.3 Å². The number of rotatable bonds is 5. The van der Waals surface area contributed by atoms with Crippen molar-refractivity contribution in [1.29, 1.82) is 0 Å². The van der Waals surface area contributed by atoms with Crippen LogP contribution < -0.4 is 4.80 Å². The van der Waals surface area contributed by atoms with E-state index in [-0.39, 0.29) is 11.9 Å². The average molecular weight is 384 g/mol. The van der Waals surface area contributed by atoms with Crippen molar-refractivity contribution in [3.63, 3.8) is 0 Å². The minimum atomic E-state index is -0.574. The summed E-state index contributed by atoms with van der Waals surface area (Å²) in [6.45, 7) is 8.14. The van der Waals surface area contributed by atoms with Crippen LogP contribution in [0, 0.1) is 24.0 Å². The van der Waals surface area contributed by atoms with Gasteiger partial charge in [-0.1, -0.05) is 12.1 Å². The highest BCUT2D eigenvalue weighted by Crippen LogP contribution is 2.23. The predicted molar refractivity (Wildman–Crippen MR) is 106 cm³/mol. The first kappa shape index (κ1) is 18.8. The van der Waals surface area contributed by atoms with E-state index in [0.717, 1.165) is 16.1 Å². The number of nitro groups is 1. The molecule has 7 nitrogen and oxygen atoms in total. The molecule has 0 saturated carbocycles. The Morgan fingerprint density at radius 1 is 1.22 bits per heavy atom. The molecule has 140 valence electrons. The number of benzene rings is 1. The zero-order valence-corrected chi connectivity index (χ0v) is 16.4. The van der Waals surface area contributed by atoms with Crippen molar-refractivity contribution in [3.05, 3.63) is 67.5 Å². The third kappa shape index (κ3) is 4.22. The Labute approximate surface area is 160 Å². The van der Waals surface area contributed by atoms with Gasteiger partial charge in [0.2, 0.25) is 4.80 Å². The smallest absolute Gasteiger partial charge is 0.400 e. The quantitative estimate of drug-likeness (QED) is 0.368. The molecule has 0 radical (unpaired) electrons. The third-order valence-corrected chi connectivity index (χ3v) is 4.78. The summed E-state index contributed by atoms with van der Waals surface area (Å²) in [6.07, 6.45) is 1.46. The van der Waals surface area contributed by atoms with Gasteiger partial charge in [-0.3, -0.25) is 15.1 Å². The summed E-state index contributed by atoms with van der Waals surface area (Å²) in [5.74, 6) is -0.00447. The van der Waals surface area contributed by atoms with Crippen LogP contribution in [0.2, 0.25) is 0 Å². The molecule has 0 atom stereocenters. The van der Waals surface area contributed by atoms with E-state index < -0.39 is 4.92 Å². The maximum absolute atomic E-state index is 10.8. The standard InChI is InChI=1S/C19H20N4O3S/c1-12(2)21-19-22(20-10-16-7-8-18(26-16)23(24)25)17(11-27-19)15-6-5-13(3)14(4)9-15/h5-12H,1-4H3. The molecular formula is C19H20N4O3S. The summed E-state index contributed by atoms with van der Waals surface area (Å²) in [7, 11) is 0. The number of hydrogen-bond donors (Lipinski definition) is 0. The molecular weight excluding hydrogens is 364 g/mol. The molecule has 0 unspecified atom stereocenters. The summed E-state index contributed by atoms with van der Waals surface area (Å²) in [4.78, 5) is 15.6. The highest BCUT2D eigenvalue weighted by molar-refractivity contribution is 7.07. The molecule has 0 fully saturated rings. The molecule has 27 heavy (non-hydrogen) atoms. The second-order valence-corrected chi connectivity index (χ2v) is 7.25. The van der Waals surface area contributed by atoms with Crippen molar-refractivity contribution in [2.45, 2.75) is 33.7 Å². The first-order valence-electron chi connectivity index (χ1n) is 8.45. The summed E-state index contributed by atoms with van der Waals surface area (Å²) in [6, 6.07) is 9.17. The van der Waals surface area contributed by atoms with Crippen LogP contribution in [0.3, 0.4) is 0 Å². The van der Waals surface area contributed by atoms with Crippen LogP contribution in [0.5, 0.6) is 0 Å². The molecule has 2 heterocycles. The maximum atomic E-state index is 10.8. The van der Waals surface area contributed by atoms with Crippen molar-refractivity contribution < 1.29 is 9.34 Å². The van der Waals surface area contributed by atoms with Gasteiger partial charge in [-0.15, -0.1) is 11.3 Å². The molecule has 0 N–H and O–H groups in total. The minimum absolute atomic E-state index is 0.113. The van der Waals surface area contributed by atoms with Gasteiger partial charge in [0, 0.05) is 17.0 Å². The zero-order valence-electron chi connectivity index (χ0n) is 15.5. The molecule has 3 aromatic rings. The van der Waals surface area contributed by atoms with Crippen molar-refractivity contribution in [2.75, 3.05) is 0 Å². The molecule has 0 spiro atoms. The van der Waals surface area contributed by atoms with Crippen LogP contribution in [0.4, 0.5) is 5.88 Å². The monoisotopic (exact) mass is 384 g/mol. The van der Waals surface area contributed by atoms with Gasteiger partial charge in [-0.2, -0.15) is 5.10 Å². The number of thiazole rings is 1. The molecule has 0 aliphatic carbocycles. The van der Waals surface area contributed by atoms with Crippen LogP contribution in [-0.2, 0) is 0 Å². The molecule has 0 aliphatic rings. The Morgan fingerprint density at radius 2 is 2.00 bits per heavy atom. The Kier molecular flexibility index (Phi) is 5.36. The van der Waals surface area contributed by atoms with Gasteiger partial charge in [0.25, 0.3) is 0 Å². The molecule has 2 aromatic heterocycles. The number of hydrogen-bond acceptors (Lipinski definition) is 6. The lowest BCUT2D eigenvalue weighted by atomic mass is 10.1. The zero-order chi connectivity index (χ0) is 19.6. The summed E-state index contributed by atoms with van der Waals surface area (Å²) in [5.41, 5.74) is 4.35. The van der Waals surface area contributed by atoms with E-state index >= 15 is 0 Å². The van der Waals surface area contributed by atoms with Crippen molar-refractivity contribution in [2.24, 2.45) is 10.1 Å².